The molecule has 92 valence electrons. The topological polar surface area (TPSA) is 79.3 Å². The number of thiophene rings is 1. The predicted octanol–water partition coefficient (Wildman–Crippen LogP) is 2.23. The highest BCUT2D eigenvalue weighted by atomic mass is 32.1. The Hall–Kier alpha value is -2.28. The van der Waals surface area contributed by atoms with Crippen LogP contribution in [0.3, 0.4) is 0 Å². The molecule has 0 saturated carbocycles. The summed E-state index contributed by atoms with van der Waals surface area (Å²) in [6.45, 7) is 0. The van der Waals surface area contributed by atoms with Crippen molar-refractivity contribution in [2.75, 3.05) is 5.32 Å². The minimum atomic E-state index is -1.06. The summed E-state index contributed by atoms with van der Waals surface area (Å²) < 4.78 is 12.9. The molecule has 0 unspecified atom stereocenters. The van der Waals surface area contributed by atoms with Crippen LogP contribution in [0.1, 0.15) is 20.0 Å². The third-order valence-electron chi connectivity index (χ3n) is 2.02. The Morgan fingerprint density at radius 3 is 2.72 bits per heavy atom. The number of anilines is 1. The molecule has 0 fully saturated rings. The summed E-state index contributed by atoms with van der Waals surface area (Å²) in [5.74, 6) is -2.21. The van der Waals surface area contributed by atoms with E-state index < -0.39 is 17.7 Å². The number of hydrogen-bond acceptors (Lipinski definition) is 4. The van der Waals surface area contributed by atoms with E-state index in [0.29, 0.717) is 5.00 Å². The lowest BCUT2D eigenvalue weighted by molar-refractivity contribution is 0.0702. The predicted molar refractivity (Wildman–Crippen MR) is 63.4 cm³/mol. The number of rotatable bonds is 3. The normalized spacial score (nSPS) is 10.1. The molecule has 0 bridgehead atoms. The van der Waals surface area contributed by atoms with Gasteiger partial charge in [-0.1, -0.05) is 0 Å². The maximum atomic E-state index is 12.9. The van der Waals surface area contributed by atoms with Gasteiger partial charge in [0.05, 0.1) is 16.8 Å². The van der Waals surface area contributed by atoms with Crippen LogP contribution in [0.2, 0.25) is 0 Å². The number of pyridine rings is 1. The summed E-state index contributed by atoms with van der Waals surface area (Å²) in [5, 5.41) is 11.6. The molecule has 1 amide bonds. The number of aromatic carboxylic acids is 1. The monoisotopic (exact) mass is 266 g/mol. The minimum Gasteiger partial charge on any atom is -0.477 e. The van der Waals surface area contributed by atoms with Crippen LogP contribution in [0.4, 0.5) is 9.39 Å². The van der Waals surface area contributed by atoms with E-state index in [1.54, 1.807) is 0 Å². The lowest BCUT2D eigenvalue weighted by Gasteiger charge is -2.01. The van der Waals surface area contributed by atoms with Gasteiger partial charge in [-0.15, -0.1) is 11.3 Å². The lowest BCUT2D eigenvalue weighted by Crippen LogP contribution is -2.11. The summed E-state index contributed by atoms with van der Waals surface area (Å²) in [5.41, 5.74) is 0.0697. The van der Waals surface area contributed by atoms with Crippen molar-refractivity contribution < 1.29 is 19.1 Å². The van der Waals surface area contributed by atoms with Gasteiger partial charge in [0.1, 0.15) is 10.7 Å². The van der Waals surface area contributed by atoms with Gasteiger partial charge in [-0.3, -0.25) is 9.78 Å². The van der Waals surface area contributed by atoms with Gasteiger partial charge in [-0.25, -0.2) is 9.18 Å². The summed E-state index contributed by atoms with van der Waals surface area (Å²) in [7, 11) is 0. The van der Waals surface area contributed by atoms with Crippen molar-refractivity contribution >= 4 is 28.2 Å². The largest absolute Gasteiger partial charge is 0.477 e. The fraction of sp³-hybridized carbons (Fsp3) is 0. The Bertz CT molecular complexity index is 612. The second-order valence-electron chi connectivity index (χ2n) is 3.32. The first-order chi connectivity index (χ1) is 8.56. The van der Waals surface area contributed by atoms with Crippen molar-refractivity contribution in [1.82, 2.24) is 4.98 Å². The molecule has 7 heteroatoms. The van der Waals surface area contributed by atoms with E-state index in [1.807, 2.05) is 0 Å². The van der Waals surface area contributed by atoms with Crippen molar-refractivity contribution in [3.63, 3.8) is 0 Å². The molecular formula is C11H7FN2O3S. The molecule has 2 aromatic rings. The molecule has 2 aromatic heterocycles. The van der Waals surface area contributed by atoms with Crippen molar-refractivity contribution in [3.05, 3.63) is 46.9 Å². The van der Waals surface area contributed by atoms with Crippen LogP contribution in [0, 0.1) is 5.82 Å². The van der Waals surface area contributed by atoms with Crippen molar-refractivity contribution in [3.8, 4) is 0 Å². The van der Waals surface area contributed by atoms with E-state index in [-0.39, 0.29) is 10.4 Å². The molecule has 0 spiro atoms. The third kappa shape index (κ3) is 2.69. The van der Waals surface area contributed by atoms with Crippen LogP contribution in [0.5, 0.6) is 0 Å². The quantitative estimate of drug-likeness (QED) is 0.892. The van der Waals surface area contributed by atoms with Crippen LogP contribution >= 0.6 is 11.3 Å². The molecule has 2 N–H and O–H groups in total. The number of carboxylic acids is 1. The van der Waals surface area contributed by atoms with E-state index in [0.717, 1.165) is 23.6 Å². The molecule has 0 saturated heterocycles. The molecular weight excluding hydrogens is 259 g/mol. The maximum absolute atomic E-state index is 12.9. The zero-order valence-electron chi connectivity index (χ0n) is 8.88. The van der Waals surface area contributed by atoms with E-state index >= 15 is 0 Å². The van der Waals surface area contributed by atoms with Crippen LogP contribution in [-0.2, 0) is 0 Å². The van der Waals surface area contributed by atoms with E-state index in [9.17, 15) is 14.0 Å². The number of hydrogen-bond donors (Lipinski definition) is 2. The number of nitrogens with zero attached hydrogens (tertiary/aromatic N) is 1. The molecule has 2 rings (SSSR count). The highest BCUT2D eigenvalue weighted by Crippen LogP contribution is 2.22. The Balaban J connectivity index is 2.13. The number of carbonyl (C=O) groups is 2. The average Bonchev–Trinajstić information content (AvgIpc) is 2.77. The number of carbonyl (C=O) groups excluding carboxylic acids is 1. The SMILES string of the molecule is O=C(Nc1ccc(C(=O)O)s1)c1cncc(F)c1. The standard InChI is InChI=1S/C11H7FN2O3S/c12-7-3-6(4-13-5-7)10(15)14-9-2-1-8(18-9)11(16)17/h1-5H,(H,14,15)(H,16,17). The van der Waals surface area contributed by atoms with Crippen molar-refractivity contribution in [2.45, 2.75) is 0 Å². The summed E-state index contributed by atoms with van der Waals surface area (Å²) in [4.78, 5) is 26.0. The van der Waals surface area contributed by atoms with Gasteiger partial charge in [0.15, 0.2) is 0 Å². The van der Waals surface area contributed by atoms with Crippen LogP contribution < -0.4 is 5.32 Å². The van der Waals surface area contributed by atoms with E-state index in [4.69, 9.17) is 5.11 Å². The number of carboxylic acid groups (broad SMARTS) is 1. The van der Waals surface area contributed by atoms with Gasteiger partial charge in [0, 0.05) is 6.20 Å². The molecule has 0 aromatic carbocycles. The Labute approximate surface area is 105 Å². The smallest absolute Gasteiger partial charge is 0.345 e. The Kier molecular flexibility index (Phi) is 3.33. The third-order valence-corrected chi connectivity index (χ3v) is 3.01. The Morgan fingerprint density at radius 2 is 2.11 bits per heavy atom. The molecule has 0 aliphatic rings. The number of aromatic nitrogens is 1. The molecule has 0 radical (unpaired) electrons. The van der Waals surface area contributed by atoms with Gasteiger partial charge in [-0.05, 0) is 18.2 Å². The summed E-state index contributed by atoms with van der Waals surface area (Å²) >= 11 is 0.923. The lowest BCUT2D eigenvalue weighted by atomic mass is 10.2. The van der Waals surface area contributed by atoms with Gasteiger partial charge in [-0.2, -0.15) is 0 Å². The van der Waals surface area contributed by atoms with Gasteiger partial charge >= 0.3 is 5.97 Å². The zero-order chi connectivity index (χ0) is 13.1. The number of halogens is 1. The summed E-state index contributed by atoms with van der Waals surface area (Å²) in [6, 6.07) is 3.90. The number of nitrogens with one attached hydrogen (secondary N) is 1. The van der Waals surface area contributed by atoms with Crippen molar-refractivity contribution in [1.29, 1.82) is 0 Å². The summed E-state index contributed by atoms with van der Waals surface area (Å²) in [6.07, 6.45) is 2.22. The van der Waals surface area contributed by atoms with Crippen LogP contribution in [-0.4, -0.2) is 22.0 Å². The van der Waals surface area contributed by atoms with Crippen LogP contribution in [0.25, 0.3) is 0 Å². The van der Waals surface area contributed by atoms with Gasteiger partial charge in [0.2, 0.25) is 0 Å². The molecule has 2 heterocycles. The maximum Gasteiger partial charge on any atom is 0.345 e. The molecule has 0 aliphatic heterocycles. The highest BCUT2D eigenvalue weighted by molar-refractivity contribution is 7.18. The average molecular weight is 266 g/mol. The fourth-order valence-corrected chi connectivity index (χ4v) is 1.98. The molecule has 18 heavy (non-hydrogen) atoms. The number of amides is 1. The van der Waals surface area contributed by atoms with Crippen molar-refractivity contribution in [2.24, 2.45) is 0 Å². The van der Waals surface area contributed by atoms with E-state index in [2.05, 4.69) is 10.3 Å². The van der Waals surface area contributed by atoms with Crippen LogP contribution in [0.15, 0.2) is 30.6 Å². The second-order valence-corrected chi connectivity index (χ2v) is 4.40. The second kappa shape index (κ2) is 4.92. The molecule has 0 aliphatic carbocycles. The zero-order valence-corrected chi connectivity index (χ0v) is 9.70. The minimum absolute atomic E-state index is 0.0697. The van der Waals surface area contributed by atoms with Gasteiger partial charge < -0.3 is 10.4 Å². The molecule has 5 nitrogen and oxygen atoms in total. The first kappa shape index (κ1) is 12.2. The highest BCUT2D eigenvalue weighted by Gasteiger charge is 2.11. The first-order valence-corrected chi connectivity index (χ1v) is 5.63. The fourth-order valence-electron chi connectivity index (χ4n) is 1.24. The Morgan fingerprint density at radius 1 is 1.33 bits per heavy atom. The van der Waals surface area contributed by atoms with E-state index in [1.165, 1.54) is 18.3 Å². The van der Waals surface area contributed by atoms with Gasteiger partial charge in [0.25, 0.3) is 5.91 Å². The molecule has 0 atom stereocenters. The first-order valence-electron chi connectivity index (χ1n) is 4.81.